The molecule has 59 heavy (non-hydrogen) atoms. The first-order valence-corrected chi connectivity index (χ1v) is 23.7. The van der Waals surface area contributed by atoms with Gasteiger partial charge in [-0.25, -0.2) is 4.79 Å². The Morgan fingerprint density at radius 3 is 1.49 bits per heavy atom. The Bertz CT molecular complexity index is 1180. The topological polar surface area (TPSA) is 142 Å². The zero-order valence-corrected chi connectivity index (χ0v) is 37.5. The Balaban J connectivity index is 4.23. The molecule has 0 fully saturated rings. The predicted octanol–water partition coefficient (Wildman–Crippen LogP) is 12.1. The van der Waals surface area contributed by atoms with Gasteiger partial charge in [-0.15, -0.1) is 0 Å². The number of nitrogens with one attached hydrogen (secondary N) is 2. The van der Waals surface area contributed by atoms with Crippen molar-refractivity contribution >= 4 is 23.8 Å². The van der Waals surface area contributed by atoms with Crippen molar-refractivity contribution in [1.29, 1.82) is 0 Å². The van der Waals surface area contributed by atoms with Crippen LogP contribution in [0.4, 0.5) is 0 Å². The fourth-order valence-corrected chi connectivity index (χ4v) is 6.55. The van der Waals surface area contributed by atoms with E-state index in [1.165, 1.54) is 96.3 Å². The van der Waals surface area contributed by atoms with E-state index in [0.717, 1.165) is 77.0 Å². The number of amides is 2. The maximum Gasteiger partial charge on any atom is 0.328 e. The molecule has 9 heteroatoms. The Hall–Kier alpha value is -3.46. The second-order valence-electron chi connectivity index (χ2n) is 15.8. The number of ether oxygens (including phenoxy) is 1. The SMILES string of the molecule is CCCCCC/C=C\C/C=C\C(CCCCCCC(=O)NCC(=O)NC(CO)C(=O)O)OC(=O)CCCCCCCCCC/C=C\C/C=C\C/C=C\CCCCCCC. The molecule has 0 aromatic carbocycles. The number of carboxylic acids is 1. The summed E-state index contributed by atoms with van der Waals surface area (Å²) >= 11 is 0. The number of carboxylic acid groups (broad SMARTS) is 1. The molecule has 4 N–H and O–H groups in total. The number of aliphatic carboxylic acids is 1. The van der Waals surface area contributed by atoms with E-state index in [1.807, 2.05) is 6.08 Å². The lowest BCUT2D eigenvalue weighted by Crippen LogP contribution is -2.47. The average Bonchev–Trinajstić information content (AvgIpc) is 3.22. The number of carbonyl (C=O) groups excluding carboxylic acids is 3. The summed E-state index contributed by atoms with van der Waals surface area (Å²) < 4.78 is 5.91. The summed E-state index contributed by atoms with van der Waals surface area (Å²) in [5, 5.41) is 22.6. The maximum atomic E-state index is 12.8. The molecule has 9 nitrogen and oxygen atoms in total. The van der Waals surface area contributed by atoms with Gasteiger partial charge in [-0.2, -0.15) is 0 Å². The highest BCUT2D eigenvalue weighted by Crippen LogP contribution is 2.15. The molecule has 0 heterocycles. The van der Waals surface area contributed by atoms with E-state index in [2.05, 4.69) is 79.2 Å². The number of rotatable bonds is 42. The molecule has 2 unspecified atom stereocenters. The first-order chi connectivity index (χ1) is 28.8. The second kappa shape index (κ2) is 44.1. The van der Waals surface area contributed by atoms with Crippen LogP contribution >= 0.6 is 0 Å². The van der Waals surface area contributed by atoms with Crippen LogP contribution in [-0.2, 0) is 23.9 Å². The molecule has 338 valence electrons. The van der Waals surface area contributed by atoms with E-state index in [0.29, 0.717) is 12.8 Å². The Labute approximate surface area is 360 Å². The first-order valence-electron chi connectivity index (χ1n) is 23.7. The molecule has 0 aliphatic rings. The van der Waals surface area contributed by atoms with Gasteiger partial charge >= 0.3 is 11.9 Å². The van der Waals surface area contributed by atoms with Crippen molar-refractivity contribution in [2.24, 2.45) is 0 Å². The number of aliphatic hydroxyl groups excluding tert-OH is 1. The van der Waals surface area contributed by atoms with Crippen LogP contribution in [0, 0.1) is 0 Å². The third-order valence-corrected chi connectivity index (χ3v) is 10.2. The molecule has 0 rings (SSSR count). The summed E-state index contributed by atoms with van der Waals surface area (Å²) in [6.45, 7) is 3.41. The zero-order chi connectivity index (χ0) is 43.3. The number of carbonyl (C=O) groups is 4. The Morgan fingerprint density at radius 2 is 0.966 bits per heavy atom. The van der Waals surface area contributed by atoms with Gasteiger partial charge in [0.25, 0.3) is 0 Å². The van der Waals surface area contributed by atoms with Crippen LogP contribution < -0.4 is 10.6 Å². The van der Waals surface area contributed by atoms with E-state index in [4.69, 9.17) is 14.9 Å². The van der Waals surface area contributed by atoms with Crippen molar-refractivity contribution in [3.8, 4) is 0 Å². The summed E-state index contributed by atoms with van der Waals surface area (Å²) in [4.78, 5) is 47.6. The number of hydrogen-bond donors (Lipinski definition) is 4. The standard InChI is InChI=1S/C50H86N2O7/c1-3-5-7-9-11-13-14-15-16-17-18-19-20-21-22-23-24-25-26-28-30-32-38-42-49(56)59-45(39-35-31-29-27-12-10-8-6-4-2)40-36-33-34-37-41-47(54)51-43-48(55)52-46(44-53)50(57)58/h14-15,17-18,20-21,27,29,35,39,45-46,53H,3-13,16,19,22-26,28,30-34,36-38,40-44H2,1-2H3,(H,51,54)(H,52,55)(H,57,58)/b15-14-,18-17-,21-20-,29-27-,39-35-. The van der Waals surface area contributed by atoms with Crippen molar-refractivity contribution in [3.63, 3.8) is 0 Å². The average molecular weight is 827 g/mol. The van der Waals surface area contributed by atoms with Gasteiger partial charge in [0, 0.05) is 12.8 Å². The Kier molecular flexibility index (Phi) is 41.5. The summed E-state index contributed by atoms with van der Waals surface area (Å²) in [5.41, 5.74) is 0. The van der Waals surface area contributed by atoms with Gasteiger partial charge in [0.05, 0.1) is 13.2 Å². The van der Waals surface area contributed by atoms with E-state index in [1.54, 1.807) is 0 Å². The lowest BCUT2D eigenvalue weighted by atomic mass is 10.1. The summed E-state index contributed by atoms with van der Waals surface area (Å²) in [6, 6.07) is -1.40. The molecular formula is C50H86N2O7. The van der Waals surface area contributed by atoms with Crippen LogP contribution in [0.2, 0.25) is 0 Å². The number of hydrogen-bond acceptors (Lipinski definition) is 6. The van der Waals surface area contributed by atoms with Crippen LogP contribution in [-0.4, -0.2) is 59.3 Å². The van der Waals surface area contributed by atoms with E-state index < -0.39 is 24.5 Å². The van der Waals surface area contributed by atoms with Crippen molar-refractivity contribution in [3.05, 3.63) is 60.8 Å². The molecule has 2 amide bonds. The number of allylic oxidation sites excluding steroid dienone is 9. The molecule has 0 aromatic heterocycles. The Morgan fingerprint density at radius 1 is 0.525 bits per heavy atom. The van der Waals surface area contributed by atoms with Gasteiger partial charge < -0.3 is 25.6 Å². The highest BCUT2D eigenvalue weighted by atomic mass is 16.5. The summed E-state index contributed by atoms with van der Waals surface area (Å²) in [7, 11) is 0. The van der Waals surface area contributed by atoms with E-state index in [9.17, 15) is 19.2 Å². The predicted molar refractivity (Wildman–Crippen MR) is 245 cm³/mol. The lowest BCUT2D eigenvalue weighted by Gasteiger charge is -2.15. The van der Waals surface area contributed by atoms with Crippen molar-refractivity contribution < 1.29 is 34.1 Å². The summed E-state index contributed by atoms with van der Waals surface area (Å²) in [5.74, 6) is -2.43. The minimum atomic E-state index is -1.40. The summed E-state index contributed by atoms with van der Waals surface area (Å²) in [6.07, 6.45) is 54.2. The smallest absolute Gasteiger partial charge is 0.328 e. The lowest BCUT2D eigenvalue weighted by molar-refractivity contribution is -0.147. The minimum Gasteiger partial charge on any atom is -0.480 e. The molecule has 0 spiro atoms. The monoisotopic (exact) mass is 827 g/mol. The molecule has 0 saturated heterocycles. The van der Waals surface area contributed by atoms with Crippen molar-refractivity contribution in [2.45, 2.75) is 219 Å². The van der Waals surface area contributed by atoms with Gasteiger partial charge in [-0.1, -0.05) is 165 Å². The van der Waals surface area contributed by atoms with Crippen LogP contribution in [0.3, 0.4) is 0 Å². The first kappa shape index (κ1) is 55.5. The number of esters is 1. The third kappa shape index (κ3) is 41.1. The molecule has 2 atom stereocenters. The van der Waals surface area contributed by atoms with Crippen LogP contribution in [0.5, 0.6) is 0 Å². The fourth-order valence-electron chi connectivity index (χ4n) is 6.55. The van der Waals surface area contributed by atoms with Gasteiger partial charge in [0.2, 0.25) is 11.8 Å². The van der Waals surface area contributed by atoms with Gasteiger partial charge in [-0.05, 0) is 89.5 Å². The number of aliphatic hydroxyl groups is 1. The van der Waals surface area contributed by atoms with Crippen molar-refractivity contribution in [2.75, 3.05) is 13.2 Å². The zero-order valence-electron chi connectivity index (χ0n) is 37.5. The number of unbranched alkanes of at least 4 members (excludes halogenated alkanes) is 20. The van der Waals surface area contributed by atoms with Gasteiger partial charge in [0.1, 0.15) is 12.1 Å². The van der Waals surface area contributed by atoms with Gasteiger partial charge in [-0.3, -0.25) is 14.4 Å². The molecule has 0 aliphatic heterocycles. The van der Waals surface area contributed by atoms with Crippen LogP contribution in [0.15, 0.2) is 60.8 Å². The van der Waals surface area contributed by atoms with Crippen LogP contribution in [0.1, 0.15) is 206 Å². The van der Waals surface area contributed by atoms with Crippen molar-refractivity contribution in [1.82, 2.24) is 10.6 Å². The highest BCUT2D eigenvalue weighted by molar-refractivity contribution is 5.87. The normalized spacial score (nSPS) is 13.0. The second-order valence-corrected chi connectivity index (χ2v) is 15.8. The molecule has 0 aliphatic carbocycles. The minimum absolute atomic E-state index is 0.135. The molecule has 0 radical (unpaired) electrons. The van der Waals surface area contributed by atoms with E-state index >= 15 is 0 Å². The highest BCUT2D eigenvalue weighted by Gasteiger charge is 2.18. The maximum absolute atomic E-state index is 12.8. The van der Waals surface area contributed by atoms with Gasteiger partial charge in [0.15, 0.2) is 0 Å². The molecular weight excluding hydrogens is 741 g/mol. The van der Waals surface area contributed by atoms with E-state index in [-0.39, 0.29) is 30.9 Å². The molecule has 0 aromatic rings. The molecule has 0 saturated carbocycles. The van der Waals surface area contributed by atoms with Crippen LogP contribution in [0.25, 0.3) is 0 Å². The molecule has 0 bridgehead atoms. The largest absolute Gasteiger partial charge is 0.480 e. The quantitative estimate of drug-likeness (QED) is 0.0273. The fraction of sp³-hybridized carbons (Fsp3) is 0.720. The third-order valence-electron chi connectivity index (χ3n) is 10.2.